The Hall–Kier alpha value is -1.87. The van der Waals surface area contributed by atoms with Crippen molar-refractivity contribution in [3.8, 4) is 0 Å². The van der Waals surface area contributed by atoms with Gasteiger partial charge in [0.15, 0.2) is 0 Å². The Balaban J connectivity index is 2.23. The minimum atomic E-state index is 0.0146. The van der Waals surface area contributed by atoms with Crippen LogP contribution in [0.5, 0.6) is 0 Å². The van der Waals surface area contributed by atoms with Crippen molar-refractivity contribution in [2.75, 3.05) is 0 Å². The van der Waals surface area contributed by atoms with Crippen LogP contribution in [0, 0.1) is 0 Å². The van der Waals surface area contributed by atoms with Crippen LogP contribution in [0.3, 0.4) is 0 Å². The van der Waals surface area contributed by atoms with Gasteiger partial charge in [0.2, 0.25) is 0 Å². The Labute approximate surface area is 130 Å². The topological polar surface area (TPSA) is 33.2 Å². The van der Waals surface area contributed by atoms with Crippen molar-refractivity contribution < 1.29 is 4.79 Å². The molecule has 1 heterocycles. The summed E-state index contributed by atoms with van der Waals surface area (Å²) >= 11 is 5.84. The lowest BCUT2D eigenvalue weighted by Gasteiger charge is -2.27. The molecular weight excluding hydrogens is 284 g/mol. The summed E-state index contributed by atoms with van der Waals surface area (Å²) in [7, 11) is 0. The third kappa shape index (κ3) is 4.05. The van der Waals surface area contributed by atoms with E-state index in [-0.39, 0.29) is 11.9 Å². The van der Waals surface area contributed by atoms with E-state index in [1.54, 1.807) is 12.4 Å². The maximum absolute atomic E-state index is 12.7. The van der Waals surface area contributed by atoms with Crippen LogP contribution in [0.2, 0.25) is 0 Å². The van der Waals surface area contributed by atoms with Crippen molar-refractivity contribution in [1.29, 1.82) is 0 Å². The number of pyridine rings is 1. The zero-order valence-electron chi connectivity index (χ0n) is 12.3. The summed E-state index contributed by atoms with van der Waals surface area (Å²) in [5, 5.41) is 0. The lowest BCUT2D eigenvalue weighted by molar-refractivity contribution is 0.0690. The van der Waals surface area contributed by atoms with Gasteiger partial charge in [0.1, 0.15) is 0 Å². The molecule has 0 unspecified atom stereocenters. The second kappa shape index (κ2) is 7.23. The number of nitrogens with zero attached hydrogens (tertiary/aromatic N) is 2. The molecule has 0 radical (unpaired) electrons. The van der Waals surface area contributed by atoms with Crippen LogP contribution in [0.4, 0.5) is 0 Å². The molecular formula is C17H19ClN2O. The summed E-state index contributed by atoms with van der Waals surface area (Å²) < 4.78 is 0. The van der Waals surface area contributed by atoms with Crippen molar-refractivity contribution in [2.24, 2.45) is 0 Å². The molecule has 0 aliphatic heterocycles. The van der Waals surface area contributed by atoms with Crippen molar-refractivity contribution >= 4 is 17.5 Å². The van der Waals surface area contributed by atoms with Gasteiger partial charge in [-0.3, -0.25) is 9.78 Å². The SMILES string of the molecule is CC(C)N(Cc1cccnc1)C(=O)c1cccc(CCl)c1. The molecule has 4 heteroatoms. The molecule has 1 amide bonds. The predicted molar refractivity (Wildman–Crippen MR) is 85.2 cm³/mol. The van der Waals surface area contributed by atoms with Gasteiger partial charge in [0, 0.05) is 36.4 Å². The molecule has 0 aliphatic carbocycles. The molecule has 0 spiro atoms. The number of carbonyl (C=O) groups is 1. The van der Waals surface area contributed by atoms with Gasteiger partial charge in [-0.2, -0.15) is 0 Å². The lowest BCUT2D eigenvalue weighted by Crippen LogP contribution is -2.36. The van der Waals surface area contributed by atoms with Crippen molar-refractivity contribution in [3.63, 3.8) is 0 Å². The quantitative estimate of drug-likeness (QED) is 0.786. The van der Waals surface area contributed by atoms with E-state index in [9.17, 15) is 4.79 Å². The number of hydrogen-bond acceptors (Lipinski definition) is 2. The number of rotatable bonds is 5. The van der Waals surface area contributed by atoms with Crippen molar-refractivity contribution in [1.82, 2.24) is 9.88 Å². The van der Waals surface area contributed by atoms with Gasteiger partial charge in [-0.05, 0) is 43.2 Å². The second-order valence-corrected chi connectivity index (χ2v) is 5.49. The van der Waals surface area contributed by atoms with Crippen molar-refractivity contribution in [3.05, 3.63) is 65.5 Å². The highest BCUT2D eigenvalue weighted by molar-refractivity contribution is 6.17. The molecule has 0 saturated heterocycles. The predicted octanol–water partition coefficient (Wildman–Crippen LogP) is 3.87. The van der Waals surface area contributed by atoms with Crippen LogP contribution in [-0.2, 0) is 12.4 Å². The minimum absolute atomic E-state index is 0.0146. The number of hydrogen-bond donors (Lipinski definition) is 0. The lowest BCUT2D eigenvalue weighted by atomic mass is 10.1. The van der Waals surface area contributed by atoms with E-state index in [0.717, 1.165) is 11.1 Å². The Bertz CT molecular complexity index is 599. The first kappa shape index (κ1) is 15.5. The van der Waals surface area contributed by atoms with E-state index in [2.05, 4.69) is 4.98 Å². The third-order valence-corrected chi connectivity index (χ3v) is 3.60. The Morgan fingerprint density at radius 1 is 1.24 bits per heavy atom. The molecule has 110 valence electrons. The van der Waals surface area contributed by atoms with Gasteiger partial charge < -0.3 is 4.90 Å². The number of aromatic nitrogens is 1. The molecule has 2 rings (SSSR count). The van der Waals surface area contributed by atoms with Crippen LogP contribution in [0.1, 0.15) is 35.3 Å². The van der Waals surface area contributed by atoms with E-state index >= 15 is 0 Å². The average Bonchev–Trinajstić information content (AvgIpc) is 2.52. The summed E-state index contributed by atoms with van der Waals surface area (Å²) in [6, 6.07) is 11.4. The molecule has 3 nitrogen and oxygen atoms in total. The summed E-state index contributed by atoms with van der Waals surface area (Å²) in [6.07, 6.45) is 3.52. The molecule has 0 fully saturated rings. The molecule has 0 N–H and O–H groups in total. The summed E-state index contributed by atoms with van der Waals surface area (Å²) in [5.74, 6) is 0.423. The van der Waals surface area contributed by atoms with Crippen molar-refractivity contribution in [2.45, 2.75) is 32.3 Å². The summed E-state index contributed by atoms with van der Waals surface area (Å²) in [4.78, 5) is 18.7. The second-order valence-electron chi connectivity index (χ2n) is 5.22. The first-order valence-electron chi connectivity index (χ1n) is 6.96. The Morgan fingerprint density at radius 2 is 2.00 bits per heavy atom. The normalized spacial score (nSPS) is 10.7. The van der Waals surface area contributed by atoms with Crippen LogP contribution in [0.25, 0.3) is 0 Å². The molecule has 1 aromatic carbocycles. The number of alkyl halides is 1. The van der Waals surface area contributed by atoms with Gasteiger partial charge in [-0.25, -0.2) is 0 Å². The highest BCUT2D eigenvalue weighted by Crippen LogP contribution is 2.15. The minimum Gasteiger partial charge on any atom is -0.332 e. The molecule has 0 aliphatic rings. The number of benzene rings is 1. The van der Waals surface area contributed by atoms with E-state index in [1.165, 1.54) is 0 Å². The number of amides is 1. The largest absolute Gasteiger partial charge is 0.332 e. The highest BCUT2D eigenvalue weighted by atomic mass is 35.5. The zero-order valence-corrected chi connectivity index (χ0v) is 13.0. The Kier molecular flexibility index (Phi) is 5.34. The first-order valence-corrected chi connectivity index (χ1v) is 7.50. The van der Waals surface area contributed by atoms with E-state index < -0.39 is 0 Å². The maximum Gasteiger partial charge on any atom is 0.254 e. The molecule has 1 aromatic heterocycles. The summed E-state index contributed by atoms with van der Waals surface area (Å²) in [6.45, 7) is 4.58. The fourth-order valence-corrected chi connectivity index (χ4v) is 2.30. The van der Waals surface area contributed by atoms with E-state index in [0.29, 0.717) is 18.0 Å². The number of halogens is 1. The molecule has 0 bridgehead atoms. The maximum atomic E-state index is 12.7. The molecule has 21 heavy (non-hydrogen) atoms. The van der Waals surface area contributed by atoms with Gasteiger partial charge in [0.25, 0.3) is 5.91 Å². The fraction of sp³-hybridized carbons (Fsp3) is 0.294. The average molecular weight is 303 g/mol. The van der Waals surface area contributed by atoms with Gasteiger partial charge in [-0.1, -0.05) is 18.2 Å². The van der Waals surface area contributed by atoms with E-state index in [4.69, 9.17) is 11.6 Å². The van der Waals surface area contributed by atoms with Gasteiger partial charge in [0.05, 0.1) is 0 Å². The van der Waals surface area contributed by atoms with E-state index in [1.807, 2.05) is 55.1 Å². The smallest absolute Gasteiger partial charge is 0.254 e. The first-order chi connectivity index (χ1) is 10.1. The highest BCUT2D eigenvalue weighted by Gasteiger charge is 2.19. The van der Waals surface area contributed by atoms with Gasteiger partial charge in [-0.15, -0.1) is 11.6 Å². The van der Waals surface area contributed by atoms with Crippen LogP contribution in [0.15, 0.2) is 48.8 Å². The standard InChI is InChI=1S/C17H19ClN2O/c1-13(2)20(12-15-6-4-8-19-11-15)17(21)16-7-3-5-14(9-16)10-18/h3-9,11,13H,10,12H2,1-2H3. The fourth-order valence-electron chi connectivity index (χ4n) is 2.13. The zero-order chi connectivity index (χ0) is 15.2. The molecule has 0 atom stereocenters. The molecule has 0 saturated carbocycles. The Morgan fingerprint density at radius 3 is 2.62 bits per heavy atom. The molecule has 2 aromatic rings. The monoisotopic (exact) mass is 302 g/mol. The van der Waals surface area contributed by atoms with Crippen LogP contribution in [-0.4, -0.2) is 21.8 Å². The summed E-state index contributed by atoms with van der Waals surface area (Å²) in [5.41, 5.74) is 2.64. The van der Waals surface area contributed by atoms with Crippen LogP contribution < -0.4 is 0 Å². The van der Waals surface area contributed by atoms with Gasteiger partial charge >= 0.3 is 0 Å². The number of carbonyl (C=O) groups excluding carboxylic acids is 1. The third-order valence-electron chi connectivity index (χ3n) is 3.29. The van der Waals surface area contributed by atoms with Crippen LogP contribution >= 0.6 is 11.6 Å².